The smallest absolute Gasteiger partial charge is 0.280 e. The molecular formula is C16H24N2O3S. The highest BCUT2D eigenvalue weighted by molar-refractivity contribution is 7.87. The maximum absolute atomic E-state index is 12.6. The van der Waals surface area contributed by atoms with Crippen molar-refractivity contribution in [2.45, 2.75) is 56.7 Å². The highest BCUT2D eigenvalue weighted by Crippen LogP contribution is 2.32. The van der Waals surface area contributed by atoms with Crippen LogP contribution in [0, 0.1) is 0 Å². The van der Waals surface area contributed by atoms with Crippen molar-refractivity contribution in [2.75, 3.05) is 7.05 Å². The predicted octanol–water partition coefficient (Wildman–Crippen LogP) is 1.74. The van der Waals surface area contributed by atoms with Gasteiger partial charge >= 0.3 is 0 Å². The zero-order valence-corrected chi connectivity index (χ0v) is 13.7. The summed E-state index contributed by atoms with van der Waals surface area (Å²) in [6.45, 7) is 0. The molecule has 1 saturated carbocycles. The first-order valence-electron chi connectivity index (χ1n) is 8.00. The average molecular weight is 324 g/mol. The highest BCUT2D eigenvalue weighted by atomic mass is 32.2. The van der Waals surface area contributed by atoms with Gasteiger partial charge in [0.15, 0.2) is 0 Å². The Morgan fingerprint density at radius 2 is 1.86 bits per heavy atom. The molecule has 0 spiro atoms. The first kappa shape index (κ1) is 15.9. The van der Waals surface area contributed by atoms with E-state index in [-0.39, 0.29) is 6.04 Å². The minimum absolute atomic E-state index is 0.0695. The fraction of sp³-hybridized carbons (Fsp3) is 0.625. The van der Waals surface area contributed by atoms with E-state index in [2.05, 4.69) is 4.72 Å². The molecule has 22 heavy (non-hydrogen) atoms. The van der Waals surface area contributed by atoms with Gasteiger partial charge in [-0.25, -0.2) is 0 Å². The number of rotatable bonds is 4. The van der Waals surface area contributed by atoms with Crippen molar-refractivity contribution < 1.29 is 13.5 Å². The van der Waals surface area contributed by atoms with Crippen LogP contribution >= 0.6 is 0 Å². The lowest BCUT2D eigenvalue weighted by atomic mass is 9.96. The molecule has 0 saturated heterocycles. The van der Waals surface area contributed by atoms with Crippen LogP contribution in [0.4, 0.5) is 0 Å². The molecule has 0 aliphatic heterocycles. The molecule has 2 N–H and O–H groups in total. The molecule has 1 fully saturated rings. The number of aliphatic hydroxyl groups is 1. The van der Waals surface area contributed by atoms with Crippen molar-refractivity contribution in [1.29, 1.82) is 0 Å². The molecule has 0 amide bonds. The lowest BCUT2D eigenvalue weighted by Gasteiger charge is -2.31. The number of nitrogens with one attached hydrogen (secondary N) is 1. The number of benzene rings is 1. The largest absolute Gasteiger partial charge is 0.391 e. The summed E-state index contributed by atoms with van der Waals surface area (Å²) >= 11 is 0. The van der Waals surface area contributed by atoms with Crippen molar-refractivity contribution in [1.82, 2.24) is 9.03 Å². The number of hydrogen-bond donors (Lipinski definition) is 2. The Morgan fingerprint density at radius 3 is 2.59 bits per heavy atom. The van der Waals surface area contributed by atoms with E-state index in [0.29, 0.717) is 6.42 Å². The van der Waals surface area contributed by atoms with Crippen LogP contribution in [0.1, 0.15) is 49.3 Å². The molecule has 0 aromatic heterocycles. The van der Waals surface area contributed by atoms with Crippen molar-refractivity contribution in [3.63, 3.8) is 0 Å². The molecule has 3 rings (SSSR count). The van der Waals surface area contributed by atoms with Crippen molar-refractivity contribution in [3.05, 3.63) is 35.4 Å². The molecule has 6 heteroatoms. The topological polar surface area (TPSA) is 69.6 Å². The third-order valence-electron chi connectivity index (χ3n) is 4.95. The van der Waals surface area contributed by atoms with Crippen LogP contribution in [-0.4, -0.2) is 37.0 Å². The van der Waals surface area contributed by atoms with E-state index in [1.807, 2.05) is 24.3 Å². The monoisotopic (exact) mass is 324 g/mol. The lowest BCUT2D eigenvalue weighted by Crippen LogP contribution is -2.47. The molecule has 1 aromatic carbocycles. The van der Waals surface area contributed by atoms with Crippen LogP contribution in [0.25, 0.3) is 0 Å². The fourth-order valence-electron chi connectivity index (χ4n) is 3.60. The molecule has 2 atom stereocenters. The predicted molar refractivity (Wildman–Crippen MR) is 85.6 cm³/mol. The van der Waals surface area contributed by atoms with Crippen LogP contribution in [0.5, 0.6) is 0 Å². The quantitative estimate of drug-likeness (QED) is 0.886. The standard InChI is InChI=1S/C16H24N2O3S/c1-18(13-8-3-2-4-9-13)22(20,21)17-16-14-10-6-5-7-12(14)11-15(16)19/h5-7,10,13,15-17,19H,2-4,8-9,11H2,1H3. The summed E-state index contributed by atoms with van der Waals surface area (Å²) < 4.78 is 29.5. The van der Waals surface area contributed by atoms with Gasteiger partial charge < -0.3 is 5.11 Å². The van der Waals surface area contributed by atoms with E-state index in [9.17, 15) is 13.5 Å². The van der Waals surface area contributed by atoms with Gasteiger partial charge in [0.25, 0.3) is 10.2 Å². The second-order valence-corrected chi connectivity index (χ2v) is 8.14. The van der Waals surface area contributed by atoms with Crippen molar-refractivity contribution in [3.8, 4) is 0 Å². The van der Waals surface area contributed by atoms with E-state index in [1.54, 1.807) is 7.05 Å². The summed E-state index contributed by atoms with van der Waals surface area (Å²) in [6, 6.07) is 7.14. The Balaban J connectivity index is 1.76. The minimum atomic E-state index is -3.60. The normalized spacial score (nSPS) is 26.3. The van der Waals surface area contributed by atoms with Gasteiger partial charge in [-0.1, -0.05) is 43.5 Å². The molecule has 0 radical (unpaired) electrons. The number of nitrogens with zero attached hydrogens (tertiary/aromatic N) is 1. The Hall–Kier alpha value is -0.950. The van der Waals surface area contributed by atoms with Gasteiger partial charge in [0.1, 0.15) is 0 Å². The fourth-order valence-corrected chi connectivity index (χ4v) is 4.97. The zero-order valence-electron chi connectivity index (χ0n) is 12.9. The summed E-state index contributed by atoms with van der Waals surface area (Å²) in [5.74, 6) is 0. The van der Waals surface area contributed by atoms with E-state index in [0.717, 1.165) is 36.8 Å². The van der Waals surface area contributed by atoms with Gasteiger partial charge in [-0.3, -0.25) is 0 Å². The van der Waals surface area contributed by atoms with Crippen LogP contribution < -0.4 is 4.72 Å². The maximum atomic E-state index is 12.6. The summed E-state index contributed by atoms with van der Waals surface area (Å²) in [7, 11) is -1.95. The molecule has 0 bridgehead atoms. The second kappa shape index (κ2) is 6.28. The first-order chi connectivity index (χ1) is 10.5. The van der Waals surface area contributed by atoms with Gasteiger partial charge in [-0.05, 0) is 24.0 Å². The van der Waals surface area contributed by atoms with Gasteiger partial charge in [0.2, 0.25) is 0 Å². The van der Waals surface area contributed by atoms with Gasteiger partial charge in [0, 0.05) is 19.5 Å². The Kier molecular flexibility index (Phi) is 4.54. The summed E-state index contributed by atoms with van der Waals surface area (Å²) in [4.78, 5) is 0. The Labute approximate surface area is 132 Å². The van der Waals surface area contributed by atoms with Crippen molar-refractivity contribution in [2.24, 2.45) is 0 Å². The van der Waals surface area contributed by atoms with Crippen LogP contribution in [0.2, 0.25) is 0 Å². The molecule has 1 aromatic rings. The van der Waals surface area contributed by atoms with Crippen LogP contribution in [0.15, 0.2) is 24.3 Å². The summed E-state index contributed by atoms with van der Waals surface area (Å²) in [5.41, 5.74) is 1.90. The SMILES string of the molecule is CN(C1CCCCC1)S(=O)(=O)NC1c2ccccc2CC1O. The Morgan fingerprint density at radius 1 is 1.18 bits per heavy atom. The van der Waals surface area contributed by atoms with Gasteiger partial charge in [0.05, 0.1) is 12.1 Å². The molecular weight excluding hydrogens is 300 g/mol. The van der Waals surface area contributed by atoms with Gasteiger partial charge in [-0.2, -0.15) is 17.4 Å². The van der Waals surface area contributed by atoms with E-state index >= 15 is 0 Å². The molecule has 0 heterocycles. The third kappa shape index (κ3) is 3.06. The highest BCUT2D eigenvalue weighted by Gasteiger charge is 2.36. The van der Waals surface area contributed by atoms with Crippen molar-refractivity contribution >= 4 is 10.2 Å². The third-order valence-corrected chi connectivity index (χ3v) is 6.56. The first-order valence-corrected chi connectivity index (χ1v) is 9.44. The van der Waals surface area contributed by atoms with E-state index in [1.165, 1.54) is 10.7 Å². The van der Waals surface area contributed by atoms with E-state index < -0.39 is 22.4 Å². The lowest BCUT2D eigenvalue weighted by molar-refractivity contribution is 0.150. The molecule has 122 valence electrons. The zero-order chi connectivity index (χ0) is 15.7. The Bertz CT molecular complexity index is 626. The molecule has 5 nitrogen and oxygen atoms in total. The molecule has 2 aliphatic rings. The van der Waals surface area contributed by atoms with E-state index in [4.69, 9.17) is 0 Å². The average Bonchev–Trinajstić information content (AvgIpc) is 2.83. The van der Waals surface area contributed by atoms with Crippen LogP contribution in [-0.2, 0) is 16.6 Å². The minimum Gasteiger partial charge on any atom is -0.391 e. The number of fused-ring (bicyclic) bond motifs is 1. The maximum Gasteiger partial charge on any atom is 0.280 e. The molecule has 2 aliphatic carbocycles. The number of aliphatic hydroxyl groups excluding tert-OH is 1. The van der Waals surface area contributed by atoms with Gasteiger partial charge in [-0.15, -0.1) is 0 Å². The summed E-state index contributed by atoms with van der Waals surface area (Å²) in [6.07, 6.45) is 4.98. The molecule has 2 unspecified atom stereocenters. The van der Waals surface area contributed by atoms with Crippen LogP contribution in [0.3, 0.4) is 0 Å². The summed E-state index contributed by atoms with van der Waals surface area (Å²) in [5, 5.41) is 10.2. The number of hydrogen-bond acceptors (Lipinski definition) is 3. The second-order valence-electron chi connectivity index (χ2n) is 6.38.